The van der Waals surface area contributed by atoms with Crippen LogP contribution in [0.25, 0.3) is 0 Å². The van der Waals surface area contributed by atoms with Gasteiger partial charge in [-0.2, -0.15) is 0 Å². The lowest BCUT2D eigenvalue weighted by molar-refractivity contribution is -0.123. The highest BCUT2D eigenvalue weighted by atomic mass is 16.2. The van der Waals surface area contributed by atoms with Crippen molar-refractivity contribution >= 4 is 5.91 Å². The van der Waals surface area contributed by atoms with E-state index in [9.17, 15) is 4.79 Å². The second-order valence-corrected chi connectivity index (χ2v) is 6.36. The molecule has 3 N–H and O–H groups in total. The molecule has 5 nitrogen and oxygen atoms in total. The van der Waals surface area contributed by atoms with Gasteiger partial charge in [0.25, 0.3) is 0 Å². The van der Waals surface area contributed by atoms with E-state index in [2.05, 4.69) is 42.8 Å². The summed E-state index contributed by atoms with van der Waals surface area (Å²) in [5, 5.41) is 3.10. The number of amides is 1. The van der Waals surface area contributed by atoms with E-state index in [-0.39, 0.29) is 11.4 Å². The van der Waals surface area contributed by atoms with Gasteiger partial charge < -0.3 is 11.1 Å². The van der Waals surface area contributed by atoms with Crippen molar-refractivity contribution in [1.29, 1.82) is 0 Å². The van der Waals surface area contributed by atoms with Gasteiger partial charge in [-0.1, -0.05) is 13.8 Å². The van der Waals surface area contributed by atoms with E-state index in [1.165, 1.54) is 0 Å². The zero-order valence-corrected chi connectivity index (χ0v) is 13.6. The van der Waals surface area contributed by atoms with Crippen LogP contribution in [0.4, 0.5) is 0 Å². The number of piperazine rings is 1. The fourth-order valence-corrected chi connectivity index (χ4v) is 2.61. The van der Waals surface area contributed by atoms with Crippen molar-refractivity contribution in [3.8, 4) is 0 Å². The number of hydrogen-bond donors (Lipinski definition) is 2. The third-order valence-electron chi connectivity index (χ3n) is 4.45. The molecule has 1 aliphatic rings. The van der Waals surface area contributed by atoms with Crippen LogP contribution in [0.3, 0.4) is 0 Å². The molecule has 0 unspecified atom stereocenters. The zero-order chi connectivity index (χ0) is 15.2. The van der Waals surface area contributed by atoms with E-state index < -0.39 is 0 Å². The number of carbonyl (C=O) groups excluding carboxylic acids is 1. The molecule has 118 valence electrons. The summed E-state index contributed by atoms with van der Waals surface area (Å²) in [6, 6.07) is 0.319. The molecule has 1 rings (SSSR count). The average Bonchev–Trinajstić information content (AvgIpc) is 2.45. The van der Waals surface area contributed by atoms with E-state index in [1.807, 2.05) is 0 Å². The lowest BCUT2D eigenvalue weighted by Crippen LogP contribution is -2.58. The molecule has 1 aliphatic heterocycles. The van der Waals surface area contributed by atoms with Crippen LogP contribution in [0.1, 0.15) is 40.5 Å². The van der Waals surface area contributed by atoms with Gasteiger partial charge in [0.05, 0.1) is 6.54 Å². The summed E-state index contributed by atoms with van der Waals surface area (Å²) in [6.45, 7) is 13.6. The molecule has 1 amide bonds. The van der Waals surface area contributed by atoms with Gasteiger partial charge in [0.15, 0.2) is 0 Å². The maximum atomic E-state index is 12.0. The standard InChI is InChI=1S/C15H32N4O/c1-5-13(6-2)17-14(20)11-18-7-9-19(10-8-18)15(3,4)12-16/h13H,5-12,16H2,1-4H3,(H,17,20). The Balaban J connectivity index is 2.34. The second-order valence-electron chi connectivity index (χ2n) is 6.36. The summed E-state index contributed by atoms with van der Waals surface area (Å²) >= 11 is 0. The van der Waals surface area contributed by atoms with Crippen molar-refractivity contribution < 1.29 is 4.79 Å². The number of hydrogen-bond acceptors (Lipinski definition) is 4. The molecule has 0 aliphatic carbocycles. The Kier molecular flexibility index (Phi) is 6.92. The molecule has 0 bridgehead atoms. The average molecular weight is 284 g/mol. The normalized spacial score (nSPS) is 18.5. The zero-order valence-electron chi connectivity index (χ0n) is 13.6. The van der Waals surface area contributed by atoms with Crippen LogP contribution in [-0.2, 0) is 4.79 Å². The topological polar surface area (TPSA) is 61.6 Å². The highest BCUT2D eigenvalue weighted by molar-refractivity contribution is 5.78. The summed E-state index contributed by atoms with van der Waals surface area (Å²) in [7, 11) is 0. The lowest BCUT2D eigenvalue weighted by atomic mass is 10.0. The van der Waals surface area contributed by atoms with Gasteiger partial charge in [-0.3, -0.25) is 14.6 Å². The van der Waals surface area contributed by atoms with E-state index in [1.54, 1.807) is 0 Å². The van der Waals surface area contributed by atoms with Crippen LogP contribution in [0.2, 0.25) is 0 Å². The molecular formula is C15H32N4O. The predicted molar refractivity (Wildman–Crippen MR) is 83.7 cm³/mol. The predicted octanol–water partition coefficient (Wildman–Crippen LogP) is 0.646. The van der Waals surface area contributed by atoms with Crippen molar-refractivity contribution in [3.05, 3.63) is 0 Å². The molecule has 0 aromatic heterocycles. The minimum absolute atomic E-state index is 0.0594. The maximum Gasteiger partial charge on any atom is 0.234 e. The van der Waals surface area contributed by atoms with Crippen molar-refractivity contribution in [2.75, 3.05) is 39.3 Å². The Labute approximate surface area is 123 Å². The first-order valence-corrected chi connectivity index (χ1v) is 7.89. The van der Waals surface area contributed by atoms with Crippen molar-refractivity contribution in [1.82, 2.24) is 15.1 Å². The van der Waals surface area contributed by atoms with Gasteiger partial charge in [0.2, 0.25) is 5.91 Å². The van der Waals surface area contributed by atoms with Crippen LogP contribution in [-0.4, -0.2) is 66.6 Å². The molecule has 0 saturated carbocycles. The van der Waals surface area contributed by atoms with E-state index >= 15 is 0 Å². The van der Waals surface area contributed by atoms with E-state index in [4.69, 9.17) is 5.73 Å². The van der Waals surface area contributed by atoms with Crippen LogP contribution in [0, 0.1) is 0 Å². The number of nitrogens with one attached hydrogen (secondary N) is 1. The fourth-order valence-electron chi connectivity index (χ4n) is 2.61. The summed E-state index contributed by atoms with van der Waals surface area (Å²) in [5.41, 5.74) is 5.88. The van der Waals surface area contributed by atoms with E-state index in [0.29, 0.717) is 19.1 Å². The highest BCUT2D eigenvalue weighted by Gasteiger charge is 2.29. The molecule has 0 atom stereocenters. The molecule has 1 heterocycles. The molecule has 0 aromatic carbocycles. The van der Waals surface area contributed by atoms with E-state index in [0.717, 1.165) is 39.0 Å². The van der Waals surface area contributed by atoms with Gasteiger partial charge in [0, 0.05) is 44.3 Å². The number of carbonyl (C=O) groups is 1. The third kappa shape index (κ3) is 5.04. The van der Waals surface area contributed by atoms with Crippen LogP contribution in [0.15, 0.2) is 0 Å². The fraction of sp³-hybridized carbons (Fsp3) is 0.933. The molecule has 20 heavy (non-hydrogen) atoms. The van der Waals surface area contributed by atoms with Gasteiger partial charge in [-0.25, -0.2) is 0 Å². The minimum Gasteiger partial charge on any atom is -0.352 e. The van der Waals surface area contributed by atoms with Crippen molar-refractivity contribution in [2.45, 2.75) is 52.1 Å². The summed E-state index contributed by atoms with van der Waals surface area (Å²) in [4.78, 5) is 16.6. The van der Waals surface area contributed by atoms with Gasteiger partial charge in [-0.15, -0.1) is 0 Å². The number of nitrogens with two attached hydrogens (primary N) is 1. The highest BCUT2D eigenvalue weighted by Crippen LogP contribution is 2.15. The first-order valence-electron chi connectivity index (χ1n) is 7.89. The third-order valence-corrected chi connectivity index (χ3v) is 4.45. The Morgan fingerprint density at radius 3 is 2.20 bits per heavy atom. The first-order chi connectivity index (χ1) is 9.42. The van der Waals surface area contributed by atoms with Crippen LogP contribution < -0.4 is 11.1 Å². The summed E-state index contributed by atoms with van der Waals surface area (Å²) < 4.78 is 0. The Morgan fingerprint density at radius 2 is 1.75 bits per heavy atom. The summed E-state index contributed by atoms with van der Waals surface area (Å²) in [6.07, 6.45) is 2.00. The van der Waals surface area contributed by atoms with Crippen molar-refractivity contribution in [2.24, 2.45) is 5.73 Å². The minimum atomic E-state index is 0.0594. The van der Waals surface area contributed by atoms with Crippen LogP contribution >= 0.6 is 0 Å². The smallest absolute Gasteiger partial charge is 0.234 e. The molecule has 0 aromatic rings. The van der Waals surface area contributed by atoms with Gasteiger partial charge in [-0.05, 0) is 26.7 Å². The number of nitrogens with zero attached hydrogens (tertiary/aromatic N) is 2. The molecule has 1 fully saturated rings. The van der Waals surface area contributed by atoms with Crippen molar-refractivity contribution in [3.63, 3.8) is 0 Å². The summed E-state index contributed by atoms with van der Waals surface area (Å²) in [5.74, 6) is 0.158. The lowest BCUT2D eigenvalue weighted by Gasteiger charge is -2.43. The SMILES string of the molecule is CCC(CC)NC(=O)CN1CCN(C(C)(C)CN)CC1. The first kappa shape index (κ1) is 17.4. The largest absolute Gasteiger partial charge is 0.352 e. The quantitative estimate of drug-likeness (QED) is 0.720. The van der Waals surface area contributed by atoms with Crippen LogP contribution in [0.5, 0.6) is 0 Å². The molecule has 0 spiro atoms. The molecule has 1 saturated heterocycles. The molecule has 0 radical (unpaired) electrons. The molecule has 5 heteroatoms. The second kappa shape index (κ2) is 7.96. The molecular weight excluding hydrogens is 252 g/mol. The van der Waals surface area contributed by atoms with Gasteiger partial charge in [0.1, 0.15) is 0 Å². The Morgan fingerprint density at radius 1 is 1.20 bits per heavy atom. The maximum absolute atomic E-state index is 12.0. The number of rotatable bonds is 7. The Bertz CT molecular complexity index is 294. The monoisotopic (exact) mass is 284 g/mol. The van der Waals surface area contributed by atoms with Gasteiger partial charge >= 0.3 is 0 Å². The Hall–Kier alpha value is -0.650.